The standard InChI is InChI=1S/C23H25NO3/c1-2-3-15-27-22-14-8-7-13-21(22)23(25)24(18-20-12-9-16-26-20)17-19-10-5-4-6-11-19/h4-14,16H,2-3,15,17-18H2,1H3. The minimum absolute atomic E-state index is 0.0673. The van der Waals surface area contributed by atoms with Gasteiger partial charge in [0.15, 0.2) is 0 Å². The molecule has 0 radical (unpaired) electrons. The van der Waals surface area contributed by atoms with Gasteiger partial charge in [-0.3, -0.25) is 4.79 Å². The molecule has 0 aliphatic rings. The summed E-state index contributed by atoms with van der Waals surface area (Å²) in [4.78, 5) is 15.1. The Labute approximate surface area is 160 Å². The molecule has 0 aliphatic heterocycles. The lowest BCUT2D eigenvalue weighted by Crippen LogP contribution is -2.30. The van der Waals surface area contributed by atoms with E-state index in [1.807, 2.05) is 66.7 Å². The third kappa shape index (κ3) is 5.23. The van der Waals surface area contributed by atoms with Gasteiger partial charge in [0.05, 0.1) is 25.0 Å². The van der Waals surface area contributed by atoms with Crippen LogP contribution in [0.1, 0.15) is 41.4 Å². The lowest BCUT2D eigenvalue weighted by atomic mass is 10.1. The first-order valence-corrected chi connectivity index (χ1v) is 9.35. The van der Waals surface area contributed by atoms with E-state index in [-0.39, 0.29) is 5.91 Å². The number of amides is 1. The Balaban J connectivity index is 1.84. The third-order valence-electron chi connectivity index (χ3n) is 4.30. The van der Waals surface area contributed by atoms with E-state index in [2.05, 4.69) is 6.92 Å². The first-order chi connectivity index (χ1) is 13.3. The molecule has 3 rings (SSSR count). The first kappa shape index (κ1) is 18.8. The van der Waals surface area contributed by atoms with E-state index in [0.717, 1.165) is 24.2 Å². The Morgan fingerprint density at radius 3 is 2.48 bits per heavy atom. The van der Waals surface area contributed by atoms with Gasteiger partial charge in [-0.1, -0.05) is 55.8 Å². The van der Waals surface area contributed by atoms with Crippen molar-refractivity contribution in [3.8, 4) is 5.75 Å². The zero-order valence-corrected chi connectivity index (χ0v) is 15.6. The monoisotopic (exact) mass is 363 g/mol. The zero-order valence-electron chi connectivity index (χ0n) is 15.6. The van der Waals surface area contributed by atoms with Gasteiger partial charge in [0.1, 0.15) is 11.5 Å². The van der Waals surface area contributed by atoms with Crippen LogP contribution < -0.4 is 4.74 Å². The van der Waals surface area contributed by atoms with E-state index >= 15 is 0 Å². The van der Waals surface area contributed by atoms with E-state index < -0.39 is 0 Å². The van der Waals surface area contributed by atoms with Crippen molar-refractivity contribution in [1.82, 2.24) is 4.90 Å². The smallest absolute Gasteiger partial charge is 0.258 e. The van der Waals surface area contributed by atoms with Gasteiger partial charge in [-0.2, -0.15) is 0 Å². The second-order valence-electron chi connectivity index (χ2n) is 6.42. The van der Waals surface area contributed by atoms with Crippen molar-refractivity contribution in [1.29, 1.82) is 0 Å². The lowest BCUT2D eigenvalue weighted by molar-refractivity contribution is 0.0713. The first-order valence-electron chi connectivity index (χ1n) is 9.35. The van der Waals surface area contributed by atoms with Gasteiger partial charge in [0.25, 0.3) is 5.91 Å². The molecular weight excluding hydrogens is 338 g/mol. The molecule has 27 heavy (non-hydrogen) atoms. The Morgan fingerprint density at radius 2 is 1.74 bits per heavy atom. The van der Waals surface area contributed by atoms with Gasteiger partial charge in [-0.25, -0.2) is 0 Å². The fourth-order valence-electron chi connectivity index (χ4n) is 2.86. The fourth-order valence-corrected chi connectivity index (χ4v) is 2.86. The van der Waals surface area contributed by atoms with E-state index in [9.17, 15) is 4.79 Å². The highest BCUT2D eigenvalue weighted by Gasteiger charge is 2.21. The van der Waals surface area contributed by atoms with Crippen molar-refractivity contribution in [2.75, 3.05) is 6.61 Å². The molecule has 4 heteroatoms. The molecule has 0 unspecified atom stereocenters. The Bertz CT molecular complexity index is 828. The van der Waals surface area contributed by atoms with Crippen molar-refractivity contribution in [2.24, 2.45) is 0 Å². The largest absolute Gasteiger partial charge is 0.493 e. The molecule has 0 N–H and O–H groups in total. The quantitative estimate of drug-likeness (QED) is 0.484. The highest BCUT2D eigenvalue weighted by molar-refractivity contribution is 5.96. The Kier molecular flexibility index (Phi) is 6.69. The summed E-state index contributed by atoms with van der Waals surface area (Å²) in [6.45, 7) is 3.64. The summed E-state index contributed by atoms with van der Waals surface area (Å²) < 4.78 is 11.3. The van der Waals surface area contributed by atoms with Crippen LogP contribution >= 0.6 is 0 Å². The number of furan rings is 1. The SMILES string of the molecule is CCCCOc1ccccc1C(=O)N(Cc1ccccc1)Cc1ccco1. The number of nitrogens with zero attached hydrogens (tertiary/aromatic N) is 1. The highest BCUT2D eigenvalue weighted by Crippen LogP contribution is 2.23. The van der Waals surface area contributed by atoms with Gasteiger partial charge in [0, 0.05) is 6.54 Å². The topological polar surface area (TPSA) is 42.7 Å². The Hall–Kier alpha value is -3.01. The number of hydrogen-bond acceptors (Lipinski definition) is 3. The second kappa shape index (κ2) is 9.62. The summed E-state index contributed by atoms with van der Waals surface area (Å²) in [7, 11) is 0. The molecule has 0 saturated heterocycles. The van der Waals surface area contributed by atoms with Crippen molar-refractivity contribution in [3.63, 3.8) is 0 Å². The number of unbranched alkanes of at least 4 members (excludes halogenated alkanes) is 1. The van der Waals surface area contributed by atoms with E-state index in [1.54, 1.807) is 11.2 Å². The van der Waals surface area contributed by atoms with Crippen LogP contribution in [0.2, 0.25) is 0 Å². The van der Waals surface area contributed by atoms with Crippen LogP contribution in [-0.2, 0) is 13.1 Å². The Morgan fingerprint density at radius 1 is 0.963 bits per heavy atom. The van der Waals surface area contributed by atoms with Gasteiger partial charge in [-0.05, 0) is 36.2 Å². The maximum Gasteiger partial charge on any atom is 0.258 e. The molecule has 0 bridgehead atoms. The molecule has 1 heterocycles. The maximum atomic E-state index is 13.3. The van der Waals surface area contributed by atoms with E-state index in [1.165, 1.54) is 0 Å². The van der Waals surface area contributed by atoms with Crippen LogP contribution in [0.5, 0.6) is 5.75 Å². The van der Waals surface area contributed by atoms with Crippen molar-refractivity contribution < 1.29 is 13.9 Å². The van der Waals surface area contributed by atoms with Gasteiger partial charge in [0.2, 0.25) is 0 Å². The molecule has 140 valence electrons. The molecular formula is C23H25NO3. The van der Waals surface area contributed by atoms with E-state index in [4.69, 9.17) is 9.15 Å². The normalized spacial score (nSPS) is 10.6. The molecule has 0 spiro atoms. The molecule has 4 nitrogen and oxygen atoms in total. The van der Waals surface area contributed by atoms with Crippen LogP contribution in [-0.4, -0.2) is 17.4 Å². The van der Waals surface area contributed by atoms with Crippen LogP contribution in [0, 0.1) is 0 Å². The summed E-state index contributed by atoms with van der Waals surface area (Å²) in [5.74, 6) is 1.32. The summed E-state index contributed by atoms with van der Waals surface area (Å²) in [6, 6.07) is 21.1. The van der Waals surface area contributed by atoms with Gasteiger partial charge < -0.3 is 14.1 Å². The van der Waals surface area contributed by atoms with Crippen LogP contribution in [0.15, 0.2) is 77.4 Å². The summed E-state index contributed by atoms with van der Waals surface area (Å²) in [5.41, 5.74) is 1.65. The average molecular weight is 363 g/mol. The van der Waals surface area contributed by atoms with E-state index in [0.29, 0.717) is 31.0 Å². The van der Waals surface area contributed by atoms with Crippen molar-refractivity contribution >= 4 is 5.91 Å². The maximum absolute atomic E-state index is 13.3. The van der Waals surface area contributed by atoms with Gasteiger partial charge >= 0.3 is 0 Å². The molecule has 2 aromatic carbocycles. The number of carbonyl (C=O) groups excluding carboxylic acids is 1. The van der Waals surface area contributed by atoms with Gasteiger partial charge in [-0.15, -0.1) is 0 Å². The molecule has 0 fully saturated rings. The fraction of sp³-hybridized carbons (Fsp3) is 0.261. The predicted molar refractivity (Wildman–Crippen MR) is 106 cm³/mol. The average Bonchev–Trinajstić information content (AvgIpc) is 3.21. The van der Waals surface area contributed by atoms with Crippen molar-refractivity contribution in [3.05, 3.63) is 89.9 Å². The number of benzene rings is 2. The summed E-state index contributed by atoms with van der Waals surface area (Å²) in [6.07, 6.45) is 3.64. The van der Waals surface area contributed by atoms with Crippen LogP contribution in [0.25, 0.3) is 0 Å². The second-order valence-corrected chi connectivity index (χ2v) is 6.42. The molecule has 0 atom stereocenters. The third-order valence-corrected chi connectivity index (χ3v) is 4.30. The van der Waals surface area contributed by atoms with Crippen LogP contribution in [0.3, 0.4) is 0 Å². The minimum Gasteiger partial charge on any atom is -0.493 e. The number of rotatable bonds is 9. The zero-order chi connectivity index (χ0) is 18.9. The minimum atomic E-state index is -0.0673. The summed E-state index contributed by atoms with van der Waals surface area (Å²) >= 11 is 0. The molecule has 1 aromatic heterocycles. The molecule has 1 amide bonds. The highest BCUT2D eigenvalue weighted by atomic mass is 16.5. The molecule has 0 aliphatic carbocycles. The number of ether oxygens (including phenoxy) is 1. The lowest BCUT2D eigenvalue weighted by Gasteiger charge is -2.23. The number of para-hydroxylation sites is 1. The molecule has 3 aromatic rings. The number of hydrogen-bond donors (Lipinski definition) is 0. The number of carbonyl (C=O) groups is 1. The van der Waals surface area contributed by atoms with Crippen molar-refractivity contribution in [2.45, 2.75) is 32.9 Å². The molecule has 0 saturated carbocycles. The predicted octanol–water partition coefficient (Wildman–Crippen LogP) is 5.30. The van der Waals surface area contributed by atoms with Crippen LogP contribution in [0.4, 0.5) is 0 Å². The summed E-state index contributed by atoms with van der Waals surface area (Å²) in [5, 5.41) is 0.